The van der Waals surface area contributed by atoms with Gasteiger partial charge >= 0.3 is 0 Å². The lowest BCUT2D eigenvalue weighted by molar-refractivity contribution is 0.0954. The number of hydrogen-bond acceptors (Lipinski definition) is 5. The first-order valence-electron chi connectivity index (χ1n) is 5.10. The Morgan fingerprint density at radius 1 is 1.29 bits per heavy atom. The van der Waals surface area contributed by atoms with E-state index in [4.69, 9.17) is 19.8 Å². The van der Waals surface area contributed by atoms with Crippen LogP contribution in [0.2, 0.25) is 0 Å². The summed E-state index contributed by atoms with van der Waals surface area (Å²) in [5.74, 6) is 0.956. The van der Waals surface area contributed by atoms with Crippen LogP contribution < -0.4 is 9.47 Å². The minimum Gasteiger partial charge on any atom is -0.493 e. The molecule has 0 amide bonds. The van der Waals surface area contributed by atoms with Crippen LogP contribution in [0.4, 0.5) is 0 Å². The molecule has 0 aromatic heterocycles. The van der Waals surface area contributed by atoms with E-state index in [1.165, 1.54) is 14.2 Å². The van der Waals surface area contributed by atoms with E-state index in [0.29, 0.717) is 22.6 Å². The predicted octanol–water partition coefficient (Wildman–Crippen LogP) is 0.471. The van der Waals surface area contributed by atoms with E-state index in [2.05, 4.69) is 0 Å². The maximum absolute atomic E-state index is 9.39. The Labute approximate surface area is 99.8 Å². The fraction of sp³-hybridized carbons (Fsp3) is 0.417. The molecule has 0 aliphatic carbocycles. The third-order valence-corrected chi connectivity index (χ3v) is 2.40. The fourth-order valence-corrected chi connectivity index (χ4v) is 1.51. The smallest absolute Gasteiger partial charge is 0.162 e. The second-order valence-electron chi connectivity index (χ2n) is 3.52. The normalized spacial score (nSPS) is 11.7. The van der Waals surface area contributed by atoms with Crippen LogP contribution in [0.15, 0.2) is 12.1 Å². The van der Waals surface area contributed by atoms with Crippen LogP contribution in [-0.2, 0) is 6.42 Å². The van der Waals surface area contributed by atoms with Crippen molar-refractivity contribution in [1.82, 2.24) is 0 Å². The summed E-state index contributed by atoms with van der Waals surface area (Å²) in [6.45, 7) is -0.348. The van der Waals surface area contributed by atoms with Gasteiger partial charge in [0.25, 0.3) is 0 Å². The molecule has 17 heavy (non-hydrogen) atoms. The van der Waals surface area contributed by atoms with Crippen molar-refractivity contribution < 1.29 is 19.7 Å². The minimum absolute atomic E-state index is 0.194. The van der Waals surface area contributed by atoms with Gasteiger partial charge in [0.1, 0.15) is 0 Å². The molecule has 0 fully saturated rings. The summed E-state index contributed by atoms with van der Waals surface area (Å²) in [5, 5.41) is 27.2. The Morgan fingerprint density at radius 2 is 1.88 bits per heavy atom. The van der Waals surface area contributed by atoms with Crippen LogP contribution in [0.1, 0.15) is 11.1 Å². The van der Waals surface area contributed by atoms with Gasteiger partial charge in [-0.3, -0.25) is 0 Å². The van der Waals surface area contributed by atoms with Crippen LogP contribution >= 0.6 is 0 Å². The largest absolute Gasteiger partial charge is 0.493 e. The van der Waals surface area contributed by atoms with Gasteiger partial charge in [0.2, 0.25) is 0 Å². The zero-order valence-electron chi connectivity index (χ0n) is 9.80. The molecule has 1 aromatic rings. The predicted molar refractivity (Wildman–Crippen MR) is 61.1 cm³/mol. The van der Waals surface area contributed by atoms with Crippen molar-refractivity contribution >= 4 is 0 Å². The molecular weight excluding hydrogens is 222 g/mol. The molecule has 5 heteroatoms. The van der Waals surface area contributed by atoms with Crippen molar-refractivity contribution in [2.24, 2.45) is 0 Å². The summed E-state index contributed by atoms with van der Waals surface area (Å²) in [4.78, 5) is 0. The number of benzene rings is 1. The number of aliphatic hydroxyl groups excluding tert-OH is 2. The second kappa shape index (κ2) is 6.09. The van der Waals surface area contributed by atoms with Crippen LogP contribution in [0, 0.1) is 11.3 Å². The highest BCUT2D eigenvalue weighted by Crippen LogP contribution is 2.30. The number of nitrogens with zero attached hydrogens (tertiary/aromatic N) is 1. The molecule has 0 saturated carbocycles. The molecular formula is C12H15NO4. The highest BCUT2D eigenvalue weighted by atomic mass is 16.5. The van der Waals surface area contributed by atoms with Crippen molar-refractivity contribution in [3.63, 3.8) is 0 Å². The molecule has 5 nitrogen and oxygen atoms in total. The summed E-state index contributed by atoms with van der Waals surface area (Å²) in [5.41, 5.74) is 1.02. The first kappa shape index (κ1) is 13.3. The SMILES string of the molecule is COc1cc(C#N)c(C[C@@H](O)CO)cc1OC. The van der Waals surface area contributed by atoms with Crippen molar-refractivity contribution in [3.8, 4) is 17.6 Å². The Balaban J connectivity index is 3.15. The van der Waals surface area contributed by atoms with Gasteiger partial charge in [0, 0.05) is 12.5 Å². The van der Waals surface area contributed by atoms with E-state index in [1.807, 2.05) is 6.07 Å². The monoisotopic (exact) mass is 237 g/mol. The maximum atomic E-state index is 9.39. The molecule has 1 rings (SSSR count). The van der Waals surface area contributed by atoms with E-state index in [9.17, 15) is 5.11 Å². The highest BCUT2D eigenvalue weighted by molar-refractivity contribution is 5.51. The van der Waals surface area contributed by atoms with E-state index in [0.717, 1.165) is 0 Å². The van der Waals surface area contributed by atoms with Crippen LogP contribution in [-0.4, -0.2) is 37.1 Å². The van der Waals surface area contributed by atoms with Crippen molar-refractivity contribution in [1.29, 1.82) is 5.26 Å². The van der Waals surface area contributed by atoms with Gasteiger partial charge in [0.05, 0.1) is 38.6 Å². The molecule has 0 radical (unpaired) electrons. The Morgan fingerprint density at radius 3 is 2.35 bits per heavy atom. The van der Waals surface area contributed by atoms with E-state index >= 15 is 0 Å². The summed E-state index contributed by atoms with van der Waals surface area (Å²) < 4.78 is 10.2. The lowest BCUT2D eigenvalue weighted by atomic mass is 10.0. The number of rotatable bonds is 5. The van der Waals surface area contributed by atoms with Crippen LogP contribution in [0.3, 0.4) is 0 Å². The number of ether oxygens (including phenoxy) is 2. The first-order valence-corrected chi connectivity index (χ1v) is 5.10. The Bertz CT molecular complexity index is 425. The maximum Gasteiger partial charge on any atom is 0.162 e. The molecule has 0 unspecified atom stereocenters. The van der Waals surface area contributed by atoms with Gasteiger partial charge in [0.15, 0.2) is 11.5 Å². The number of methoxy groups -OCH3 is 2. The van der Waals surface area contributed by atoms with Gasteiger partial charge < -0.3 is 19.7 Å². The standard InChI is InChI=1S/C12H15NO4/c1-16-11-4-8(3-10(15)7-14)9(6-13)5-12(11)17-2/h4-5,10,14-15H,3,7H2,1-2H3/t10-/m1/s1. The molecule has 1 atom stereocenters. The van der Waals surface area contributed by atoms with Gasteiger partial charge in [-0.25, -0.2) is 0 Å². The number of hydrogen-bond donors (Lipinski definition) is 2. The second-order valence-corrected chi connectivity index (χ2v) is 3.52. The molecule has 92 valence electrons. The van der Waals surface area contributed by atoms with Crippen molar-refractivity contribution in [2.45, 2.75) is 12.5 Å². The van der Waals surface area contributed by atoms with E-state index in [-0.39, 0.29) is 13.0 Å². The number of aliphatic hydroxyl groups is 2. The summed E-state index contributed by atoms with van der Waals surface area (Å²) in [6.07, 6.45) is -0.695. The quantitative estimate of drug-likeness (QED) is 0.778. The average Bonchev–Trinajstić information content (AvgIpc) is 2.37. The molecule has 2 N–H and O–H groups in total. The van der Waals surface area contributed by atoms with Crippen molar-refractivity contribution in [2.75, 3.05) is 20.8 Å². The third-order valence-electron chi connectivity index (χ3n) is 2.40. The van der Waals surface area contributed by atoms with Crippen LogP contribution in [0.5, 0.6) is 11.5 Å². The Hall–Kier alpha value is -1.77. The lowest BCUT2D eigenvalue weighted by Gasteiger charge is -2.13. The molecule has 1 aromatic carbocycles. The third kappa shape index (κ3) is 3.09. The molecule has 0 aliphatic rings. The van der Waals surface area contributed by atoms with Gasteiger partial charge in [-0.15, -0.1) is 0 Å². The van der Waals surface area contributed by atoms with Gasteiger partial charge in [-0.1, -0.05) is 0 Å². The average molecular weight is 237 g/mol. The molecule has 0 spiro atoms. The summed E-state index contributed by atoms with van der Waals surface area (Å²) in [6, 6.07) is 5.21. The summed E-state index contributed by atoms with van der Waals surface area (Å²) >= 11 is 0. The first-order chi connectivity index (χ1) is 8.15. The zero-order valence-corrected chi connectivity index (χ0v) is 9.80. The Kier molecular flexibility index (Phi) is 4.76. The summed E-state index contributed by atoms with van der Waals surface area (Å²) in [7, 11) is 2.98. The van der Waals surface area contributed by atoms with E-state index in [1.54, 1.807) is 12.1 Å². The fourth-order valence-electron chi connectivity index (χ4n) is 1.51. The molecule has 0 heterocycles. The van der Waals surface area contributed by atoms with Gasteiger partial charge in [-0.05, 0) is 11.6 Å². The zero-order chi connectivity index (χ0) is 12.8. The van der Waals surface area contributed by atoms with Crippen LogP contribution in [0.25, 0.3) is 0 Å². The van der Waals surface area contributed by atoms with Gasteiger partial charge in [-0.2, -0.15) is 5.26 Å². The van der Waals surface area contributed by atoms with Crippen molar-refractivity contribution in [3.05, 3.63) is 23.3 Å². The lowest BCUT2D eigenvalue weighted by Crippen LogP contribution is -2.16. The van der Waals surface area contributed by atoms with E-state index < -0.39 is 6.10 Å². The molecule has 0 bridgehead atoms. The number of nitriles is 1. The topological polar surface area (TPSA) is 82.7 Å². The molecule has 0 aliphatic heterocycles. The minimum atomic E-state index is -0.889. The highest BCUT2D eigenvalue weighted by Gasteiger charge is 2.13. The molecule has 0 saturated heterocycles.